The summed E-state index contributed by atoms with van der Waals surface area (Å²) in [4.78, 5) is 16.4. The largest absolute Gasteiger partial charge is 0.484 e. The minimum absolute atomic E-state index is 0.111. The Labute approximate surface area is 128 Å². The van der Waals surface area contributed by atoms with Crippen LogP contribution in [0.4, 0.5) is 5.69 Å². The molecule has 0 aliphatic heterocycles. The molecule has 6 heteroatoms. The molecule has 1 aromatic carbocycles. The quantitative estimate of drug-likeness (QED) is 0.860. The molecule has 0 aliphatic carbocycles. The maximum atomic E-state index is 10.7. The summed E-state index contributed by atoms with van der Waals surface area (Å²) < 4.78 is 5.22. The zero-order valence-corrected chi connectivity index (χ0v) is 13.2. The van der Waals surface area contributed by atoms with E-state index in [1.807, 2.05) is 19.1 Å². The predicted octanol–water partition coefficient (Wildman–Crippen LogP) is 2.80. The van der Waals surface area contributed by atoms with Gasteiger partial charge in [-0.25, -0.2) is 4.98 Å². The van der Waals surface area contributed by atoms with Crippen LogP contribution in [0, 0.1) is 13.8 Å². The number of amides is 1. The van der Waals surface area contributed by atoms with Crippen LogP contribution in [0.5, 0.6) is 5.75 Å². The molecule has 1 heterocycles. The van der Waals surface area contributed by atoms with E-state index < -0.39 is 5.91 Å². The van der Waals surface area contributed by atoms with Crippen molar-refractivity contribution in [2.24, 2.45) is 5.73 Å². The number of carbonyl (C=O) groups excluding carboxylic acids is 1. The molecule has 1 aromatic heterocycles. The van der Waals surface area contributed by atoms with Gasteiger partial charge in [0.2, 0.25) is 0 Å². The summed E-state index contributed by atoms with van der Waals surface area (Å²) in [7, 11) is 0. The number of anilines is 1. The van der Waals surface area contributed by atoms with E-state index in [-0.39, 0.29) is 12.6 Å². The number of benzene rings is 1. The summed E-state index contributed by atoms with van der Waals surface area (Å²) in [5.74, 6) is 0.132. The molecule has 2 aromatic rings. The smallest absolute Gasteiger partial charge is 0.255 e. The Morgan fingerprint density at radius 3 is 2.57 bits per heavy atom. The normalized spacial score (nSPS) is 12.0. The zero-order valence-electron chi connectivity index (χ0n) is 12.3. The number of hydrogen-bond donors (Lipinski definition) is 2. The lowest BCUT2D eigenvalue weighted by atomic mass is 10.2. The molecule has 0 aliphatic rings. The molecule has 1 atom stereocenters. The van der Waals surface area contributed by atoms with Gasteiger partial charge >= 0.3 is 0 Å². The summed E-state index contributed by atoms with van der Waals surface area (Å²) in [5, 5.41) is 4.48. The van der Waals surface area contributed by atoms with Gasteiger partial charge in [0, 0.05) is 10.6 Å². The average Bonchev–Trinajstić information content (AvgIpc) is 2.77. The Morgan fingerprint density at radius 1 is 1.38 bits per heavy atom. The Kier molecular flexibility index (Phi) is 4.80. The van der Waals surface area contributed by atoms with Crippen LogP contribution in [-0.4, -0.2) is 17.5 Å². The highest BCUT2D eigenvalue weighted by molar-refractivity contribution is 7.11. The maximum Gasteiger partial charge on any atom is 0.255 e. The fraction of sp³-hybridized carbons (Fsp3) is 0.333. The molecule has 0 fully saturated rings. The molecule has 5 nitrogen and oxygen atoms in total. The number of primary amides is 1. The molecule has 3 N–H and O–H groups in total. The summed E-state index contributed by atoms with van der Waals surface area (Å²) >= 11 is 1.70. The van der Waals surface area contributed by atoms with Gasteiger partial charge in [-0.15, -0.1) is 11.3 Å². The fourth-order valence-electron chi connectivity index (χ4n) is 2.07. The Bertz CT molecular complexity index is 622. The lowest BCUT2D eigenvalue weighted by Crippen LogP contribution is -2.19. The van der Waals surface area contributed by atoms with Crippen molar-refractivity contribution in [3.05, 3.63) is 39.8 Å². The number of hydrogen-bond acceptors (Lipinski definition) is 5. The van der Waals surface area contributed by atoms with E-state index >= 15 is 0 Å². The van der Waals surface area contributed by atoms with E-state index in [1.165, 1.54) is 4.88 Å². The number of aromatic nitrogens is 1. The number of nitrogens with zero attached hydrogens (tertiary/aromatic N) is 1. The van der Waals surface area contributed by atoms with Crippen molar-refractivity contribution in [1.82, 2.24) is 4.98 Å². The van der Waals surface area contributed by atoms with E-state index in [9.17, 15) is 4.79 Å². The van der Waals surface area contributed by atoms with Crippen LogP contribution in [0.25, 0.3) is 0 Å². The van der Waals surface area contributed by atoms with E-state index in [4.69, 9.17) is 10.5 Å². The number of aryl methyl sites for hydroxylation is 2. The van der Waals surface area contributed by atoms with E-state index in [0.29, 0.717) is 5.75 Å². The molecule has 2 rings (SSSR count). The van der Waals surface area contributed by atoms with Gasteiger partial charge in [-0.3, -0.25) is 4.79 Å². The third kappa shape index (κ3) is 4.19. The molecular formula is C15H19N3O2S. The van der Waals surface area contributed by atoms with Crippen molar-refractivity contribution >= 4 is 22.9 Å². The maximum absolute atomic E-state index is 10.7. The van der Waals surface area contributed by atoms with Gasteiger partial charge in [0.1, 0.15) is 5.75 Å². The first kappa shape index (κ1) is 15.3. The molecule has 0 saturated heterocycles. The Hall–Kier alpha value is -2.08. The summed E-state index contributed by atoms with van der Waals surface area (Å²) in [6.45, 7) is 6.07. The first-order chi connectivity index (χ1) is 9.95. The molecular weight excluding hydrogens is 286 g/mol. The van der Waals surface area contributed by atoms with Gasteiger partial charge in [0.15, 0.2) is 6.61 Å². The SMILES string of the molecule is Cc1nc(C(C)Nc2ccc(OCC(N)=O)cc2)c(C)s1. The van der Waals surface area contributed by atoms with Crippen LogP contribution in [0.1, 0.15) is 28.5 Å². The number of carbonyl (C=O) groups is 1. The third-order valence-corrected chi connectivity index (χ3v) is 3.87. The minimum Gasteiger partial charge on any atom is -0.484 e. The van der Waals surface area contributed by atoms with Crippen molar-refractivity contribution in [2.45, 2.75) is 26.8 Å². The van der Waals surface area contributed by atoms with Crippen molar-refractivity contribution in [1.29, 1.82) is 0 Å². The minimum atomic E-state index is -0.486. The predicted molar refractivity (Wildman–Crippen MR) is 84.8 cm³/mol. The van der Waals surface area contributed by atoms with Crippen LogP contribution in [-0.2, 0) is 4.79 Å². The second-order valence-electron chi connectivity index (χ2n) is 4.82. The fourth-order valence-corrected chi connectivity index (χ4v) is 2.98. The average molecular weight is 305 g/mol. The molecule has 1 amide bonds. The number of rotatable bonds is 6. The standard InChI is InChI=1S/C15H19N3O2S/c1-9(15-10(2)21-11(3)18-15)17-12-4-6-13(7-5-12)20-8-14(16)19/h4-7,9,17H,8H2,1-3H3,(H2,16,19). The van der Waals surface area contributed by atoms with Crippen molar-refractivity contribution in [3.63, 3.8) is 0 Å². The van der Waals surface area contributed by atoms with Crippen molar-refractivity contribution in [3.8, 4) is 5.75 Å². The highest BCUT2D eigenvalue weighted by Gasteiger charge is 2.12. The molecule has 0 spiro atoms. The second kappa shape index (κ2) is 6.58. The number of ether oxygens (including phenoxy) is 1. The van der Waals surface area contributed by atoms with Gasteiger partial charge in [-0.2, -0.15) is 0 Å². The summed E-state index contributed by atoms with van der Waals surface area (Å²) in [5.41, 5.74) is 7.08. The molecule has 1 unspecified atom stereocenters. The van der Waals surface area contributed by atoms with E-state index in [0.717, 1.165) is 16.4 Å². The van der Waals surface area contributed by atoms with Crippen LogP contribution >= 0.6 is 11.3 Å². The lowest BCUT2D eigenvalue weighted by molar-refractivity contribution is -0.119. The van der Waals surface area contributed by atoms with E-state index in [1.54, 1.807) is 23.5 Å². The third-order valence-electron chi connectivity index (χ3n) is 2.97. The topological polar surface area (TPSA) is 77.2 Å². The lowest BCUT2D eigenvalue weighted by Gasteiger charge is -2.14. The highest BCUT2D eigenvalue weighted by Crippen LogP contribution is 2.26. The van der Waals surface area contributed by atoms with Crippen molar-refractivity contribution in [2.75, 3.05) is 11.9 Å². The van der Waals surface area contributed by atoms with Gasteiger partial charge < -0.3 is 15.8 Å². The number of nitrogens with one attached hydrogen (secondary N) is 1. The van der Waals surface area contributed by atoms with Gasteiger partial charge in [0.05, 0.1) is 16.7 Å². The molecule has 0 bridgehead atoms. The first-order valence-corrected chi connectivity index (χ1v) is 7.49. The van der Waals surface area contributed by atoms with Gasteiger partial charge in [-0.05, 0) is 45.0 Å². The Morgan fingerprint density at radius 2 is 2.05 bits per heavy atom. The first-order valence-electron chi connectivity index (χ1n) is 6.67. The van der Waals surface area contributed by atoms with Gasteiger partial charge in [0.25, 0.3) is 5.91 Å². The zero-order chi connectivity index (χ0) is 15.4. The summed E-state index contributed by atoms with van der Waals surface area (Å²) in [6, 6.07) is 7.55. The van der Waals surface area contributed by atoms with Crippen LogP contribution < -0.4 is 15.8 Å². The van der Waals surface area contributed by atoms with Gasteiger partial charge in [-0.1, -0.05) is 0 Å². The molecule has 112 valence electrons. The summed E-state index contributed by atoms with van der Waals surface area (Å²) in [6.07, 6.45) is 0. The Balaban J connectivity index is 1.99. The van der Waals surface area contributed by atoms with Crippen molar-refractivity contribution < 1.29 is 9.53 Å². The molecule has 0 saturated carbocycles. The van der Waals surface area contributed by atoms with Crippen LogP contribution in [0.15, 0.2) is 24.3 Å². The highest BCUT2D eigenvalue weighted by atomic mass is 32.1. The van der Waals surface area contributed by atoms with Crippen LogP contribution in [0.2, 0.25) is 0 Å². The second-order valence-corrected chi connectivity index (χ2v) is 6.23. The number of thiazole rings is 1. The van der Waals surface area contributed by atoms with E-state index in [2.05, 4.69) is 24.1 Å². The molecule has 21 heavy (non-hydrogen) atoms. The van der Waals surface area contributed by atoms with Crippen LogP contribution in [0.3, 0.4) is 0 Å². The number of nitrogens with two attached hydrogens (primary N) is 1. The molecule has 0 radical (unpaired) electrons. The monoisotopic (exact) mass is 305 g/mol.